The number of H-pyrrole nitrogens is 1. The Morgan fingerprint density at radius 1 is 1.29 bits per heavy atom. The van der Waals surface area contributed by atoms with Crippen molar-refractivity contribution in [3.63, 3.8) is 0 Å². The van der Waals surface area contributed by atoms with E-state index < -0.39 is 21.3 Å². The van der Waals surface area contributed by atoms with E-state index in [2.05, 4.69) is 20.9 Å². The Hall–Kier alpha value is -1.81. The van der Waals surface area contributed by atoms with Crippen LogP contribution in [0.4, 0.5) is 5.69 Å². The molecule has 4 rings (SSSR count). The number of hydrogen-bond acceptors (Lipinski definition) is 4. The third kappa shape index (κ3) is 2.84. The monoisotopic (exact) mass is 433 g/mol. The number of fused-ring (bicyclic) bond motifs is 1. The van der Waals surface area contributed by atoms with Crippen molar-refractivity contribution in [2.24, 2.45) is 0 Å². The first kappa shape index (κ1) is 15.7. The predicted molar refractivity (Wildman–Crippen MR) is 90.0 cm³/mol. The number of aromatic nitrogens is 3. The van der Waals surface area contributed by atoms with E-state index >= 15 is 0 Å². The van der Waals surface area contributed by atoms with Crippen molar-refractivity contribution in [3.8, 4) is 11.1 Å². The van der Waals surface area contributed by atoms with E-state index in [1.807, 2.05) is 18.5 Å². The van der Waals surface area contributed by atoms with Crippen molar-refractivity contribution >= 4 is 22.4 Å². The van der Waals surface area contributed by atoms with Crippen molar-refractivity contribution in [1.82, 2.24) is 12.7 Å². The van der Waals surface area contributed by atoms with Gasteiger partial charge in [-0.3, -0.25) is 0 Å². The molecule has 8 heteroatoms. The Morgan fingerprint density at radius 3 is 2.88 bits per heavy atom. The summed E-state index contributed by atoms with van der Waals surface area (Å²) in [5.74, 6) is 0. The summed E-state index contributed by atoms with van der Waals surface area (Å²) in [5.41, 5.74) is 9.34. The summed E-state index contributed by atoms with van der Waals surface area (Å²) in [6.45, 7) is 3.20. The number of morpholine rings is 1. The van der Waals surface area contributed by atoms with E-state index in [-0.39, 0.29) is 5.56 Å². The summed E-state index contributed by atoms with van der Waals surface area (Å²) in [6, 6.07) is 5.69. The fourth-order valence-corrected chi connectivity index (χ4v) is 3.70. The Balaban J connectivity index is 1.78. The number of rotatable bonds is 3. The fourth-order valence-electron chi connectivity index (χ4n) is 2.94. The number of pyridine rings is 2. The Bertz CT molecular complexity index is 933. The van der Waals surface area contributed by atoms with Crippen LogP contribution in [0.15, 0.2) is 41.6 Å². The molecule has 24 heavy (non-hydrogen) atoms. The molecule has 0 unspecified atom stereocenters. The van der Waals surface area contributed by atoms with Crippen LogP contribution in [-0.4, -0.2) is 44.8 Å². The van der Waals surface area contributed by atoms with Crippen molar-refractivity contribution in [3.05, 3.63) is 47.1 Å². The van der Waals surface area contributed by atoms with Crippen molar-refractivity contribution in [2.45, 2.75) is 0 Å². The fraction of sp³-hybridized carbons (Fsp3) is 0.250. The van der Waals surface area contributed by atoms with Gasteiger partial charge >= 0.3 is 151 Å². The van der Waals surface area contributed by atoms with Gasteiger partial charge in [-0.25, -0.2) is 0 Å². The second kappa shape index (κ2) is 6.60. The van der Waals surface area contributed by atoms with Gasteiger partial charge in [0.05, 0.1) is 0 Å². The molecule has 1 fully saturated rings. The summed E-state index contributed by atoms with van der Waals surface area (Å²) >= 11 is -0.768. The second-order valence-electron chi connectivity index (χ2n) is 5.55. The van der Waals surface area contributed by atoms with Gasteiger partial charge in [-0.15, -0.1) is 0 Å². The van der Waals surface area contributed by atoms with Crippen molar-refractivity contribution in [2.75, 3.05) is 31.2 Å². The molecule has 122 valence electrons. The first-order chi connectivity index (χ1) is 11.8. The van der Waals surface area contributed by atoms with Gasteiger partial charge in [0.25, 0.3) is 0 Å². The number of aromatic amines is 1. The molecular weight excluding hydrogens is 418 g/mol. The SMILES string of the molecule is [B][I-]n1ccc(-c2c[nH]c3ncc(N4CCOCC4)cc23)cc1=O. The molecule has 1 aliphatic rings. The van der Waals surface area contributed by atoms with E-state index in [9.17, 15) is 4.79 Å². The van der Waals surface area contributed by atoms with Crippen LogP contribution >= 0.6 is 0 Å². The summed E-state index contributed by atoms with van der Waals surface area (Å²) < 4.78 is 6.99. The maximum absolute atomic E-state index is 12.1. The molecule has 0 aromatic carbocycles. The quantitative estimate of drug-likeness (QED) is 0.390. The Kier molecular flexibility index (Phi) is 4.32. The third-order valence-corrected chi connectivity index (χ3v) is 5.58. The third-order valence-electron chi connectivity index (χ3n) is 4.18. The molecule has 1 saturated heterocycles. The molecule has 0 aliphatic carbocycles. The Morgan fingerprint density at radius 2 is 2.12 bits per heavy atom. The molecule has 2 radical (unpaired) electrons. The standard InChI is InChI=1S/C16H15BIN4O2/c17-18-22-2-1-11(7-15(22)23)14-10-20-16-13(14)8-12(9-19-16)21-3-5-24-6-4-21/h1-2,7-10H,3-6H2,(H,19,20)/q-1. The normalized spacial score (nSPS) is 15.2. The molecule has 1 aliphatic heterocycles. The van der Waals surface area contributed by atoms with Gasteiger partial charge in [-0.1, -0.05) is 0 Å². The zero-order valence-electron chi connectivity index (χ0n) is 12.9. The molecule has 3 aromatic rings. The minimum absolute atomic E-state index is 0.0607. The maximum atomic E-state index is 12.1. The van der Waals surface area contributed by atoms with Gasteiger partial charge in [-0.2, -0.15) is 0 Å². The number of ether oxygens (including phenoxy) is 1. The summed E-state index contributed by atoms with van der Waals surface area (Å²) in [5, 5.41) is 1.01. The van der Waals surface area contributed by atoms with Crippen LogP contribution in [-0.2, 0) is 4.74 Å². The molecule has 3 aromatic heterocycles. The van der Waals surface area contributed by atoms with Crippen LogP contribution in [0.5, 0.6) is 0 Å². The average Bonchev–Trinajstić information content (AvgIpc) is 3.05. The number of hydrogen-bond donors (Lipinski definition) is 1. The first-order valence-electron chi connectivity index (χ1n) is 7.63. The van der Waals surface area contributed by atoms with Crippen LogP contribution < -0.4 is 31.7 Å². The van der Waals surface area contributed by atoms with Gasteiger partial charge < -0.3 is 0 Å². The molecule has 6 nitrogen and oxygen atoms in total. The van der Waals surface area contributed by atoms with E-state index in [0.29, 0.717) is 0 Å². The summed E-state index contributed by atoms with van der Waals surface area (Å²) in [7, 11) is 0. The number of halogens is 1. The molecule has 0 spiro atoms. The molecule has 0 atom stereocenters. The minimum atomic E-state index is -0.768. The van der Waals surface area contributed by atoms with Crippen molar-refractivity contribution < 1.29 is 26.0 Å². The average molecular weight is 433 g/mol. The van der Waals surface area contributed by atoms with Crippen LogP contribution in [0, 0.1) is 0 Å². The van der Waals surface area contributed by atoms with E-state index in [1.165, 1.54) is 0 Å². The van der Waals surface area contributed by atoms with Gasteiger partial charge in [0.2, 0.25) is 0 Å². The molecule has 0 bridgehead atoms. The van der Waals surface area contributed by atoms with E-state index in [4.69, 9.17) is 10.4 Å². The van der Waals surface area contributed by atoms with Gasteiger partial charge in [0.1, 0.15) is 0 Å². The van der Waals surface area contributed by atoms with Crippen molar-refractivity contribution in [1.29, 1.82) is 0 Å². The van der Waals surface area contributed by atoms with Crippen LogP contribution in [0.1, 0.15) is 0 Å². The molecule has 1 N–H and O–H groups in total. The Labute approximate surface area is 150 Å². The van der Waals surface area contributed by atoms with E-state index in [0.717, 1.165) is 54.2 Å². The molecule has 4 heterocycles. The molecular formula is C16H15BIN4O2-. The zero-order chi connectivity index (χ0) is 16.5. The first-order valence-corrected chi connectivity index (χ1v) is 9.84. The number of nitrogens with zero attached hydrogens (tertiary/aromatic N) is 3. The van der Waals surface area contributed by atoms with Crippen LogP contribution in [0.3, 0.4) is 0 Å². The van der Waals surface area contributed by atoms with E-state index in [1.54, 1.807) is 15.0 Å². The van der Waals surface area contributed by atoms with Crippen LogP contribution in [0.25, 0.3) is 22.2 Å². The number of nitrogens with one attached hydrogen (secondary N) is 1. The molecule has 0 saturated carbocycles. The summed E-state index contributed by atoms with van der Waals surface area (Å²) in [4.78, 5) is 22.1. The zero-order valence-corrected chi connectivity index (χ0v) is 15.1. The van der Waals surface area contributed by atoms with Gasteiger partial charge in [0, 0.05) is 0 Å². The van der Waals surface area contributed by atoms with Gasteiger partial charge in [-0.05, 0) is 0 Å². The van der Waals surface area contributed by atoms with Crippen LogP contribution in [0.2, 0.25) is 0 Å². The predicted octanol–water partition coefficient (Wildman–Crippen LogP) is -1.84. The molecule has 0 amide bonds. The topological polar surface area (TPSA) is 63.1 Å². The number of anilines is 1. The second-order valence-corrected chi connectivity index (χ2v) is 7.15. The summed E-state index contributed by atoms with van der Waals surface area (Å²) in [6.07, 6.45) is 5.55. The van der Waals surface area contributed by atoms with Gasteiger partial charge in [0.15, 0.2) is 0 Å².